The highest BCUT2D eigenvalue weighted by Gasteiger charge is 2.35. The fourth-order valence-corrected chi connectivity index (χ4v) is 5.02. The van der Waals surface area contributed by atoms with Crippen molar-refractivity contribution in [3.8, 4) is 11.5 Å². The minimum atomic E-state index is -0.500. The lowest BCUT2D eigenvalue weighted by atomic mass is 10.1. The first-order valence-corrected chi connectivity index (χ1v) is 12.9. The Kier molecular flexibility index (Phi) is 8.15. The van der Waals surface area contributed by atoms with Gasteiger partial charge >= 0.3 is 5.97 Å². The van der Waals surface area contributed by atoms with Crippen molar-refractivity contribution in [3.63, 3.8) is 0 Å². The lowest BCUT2D eigenvalue weighted by molar-refractivity contribution is -0.123. The van der Waals surface area contributed by atoms with Crippen molar-refractivity contribution in [2.45, 2.75) is 13.5 Å². The second kappa shape index (κ2) is 11.3. The van der Waals surface area contributed by atoms with Crippen molar-refractivity contribution in [2.75, 3.05) is 6.61 Å². The number of esters is 1. The van der Waals surface area contributed by atoms with E-state index in [1.807, 2.05) is 13.0 Å². The van der Waals surface area contributed by atoms with Gasteiger partial charge in [-0.1, -0.05) is 41.9 Å². The number of ether oxygens (including phenoxy) is 2. The largest absolute Gasteiger partial charge is 0.490 e. The molecule has 0 aromatic heterocycles. The first-order valence-electron chi connectivity index (χ1n) is 10.6. The van der Waals surface area contributed by atoms with E-state index in [0.29, 0.717) is 42.7 Å². The summed E-state index contributed by atoms with van der Waals surface area (Å²) >= 11 is 8.85. The van der Waals surface area contributed by atoms with Gasteiger partial charge in [0.05, 0.1) is 27.2 Å². The van der Waals surface area contributed by atoms with Crippen LogP contribution in [0, 0.1) is 3.57 Å². The van der Waals surface area contributed by atoms with Crippen molar-refractivity contribution < 1.29 is 23.9 Å². The molecule has 0 N–H and O–H groups in total. The molecule has 3 aromatic carbocycles. The fourth-order valence-electron chi connectivity index (χ4n) is 3.32. The Hall–Kier alpha value is -2.82. The summed E-state index contributed by atoms with van der Waals surface area (Å²) in [5.41, 5.74) is 1.87. The Balaban J connectivity index is 1.58. The molecule has 9 heteroatoms. The van der Waals surface area contributed by atoms with Gasteiger partial charge in [-0.05, 0) is 94.9 Å². The molecule has 0 unspecified atom stereocenters. The molecule has 35 heavy (non-hydrogen) atoms. The van der Waals surface area contributed by atoms with Gasteiger partial charge in [-0.2, -0.15) is 0 Å². The highest BCUT2D eigenvalue weighted by Crippen LogP contribution is 2.38. The molecule has 0 aliphatic carbocycles. The van der Waals surface area contributed by atoms with Crippen LogP contribution in [0.1, 0.15) is 28.4 Å². The SMILES string of the molecule is CCOc1cc(/C=C2\SC(=O)N(Cc3ccc(Cl)cc3)C2=O)cc(I)c1OC(=O)c1ccccc1. The topological polar surface area (TPSA) is 72.9 Å². The Labute approximate surface area is 225 Å². The van der Waals surface area contributed by atoms with Gasteiger partial charge in [0.2, 0.25) is 0 Å². The number of nitrogens with zero attached hydrogens (tertiary/aromatic N) is 1. The van der Waals surface area contributed by atoms with Crippen molar-refractivity contribution in [3.05, 3.63) is 96.9 Å². The number of halogens is 2. The number of carbonyl (C=O) groups excluding carboxylic acids is 3. The summed E-state index contributed by atoms with van der Waals surface area (Å²) in [7, 11) is 0. The molecule has 178 valence electrons. The molecular weight excluding hydrogens is 601 g/mol. The highest BCUT2D eigenvalue weighted by molar-refractivity contribution is 14.1. The average molecular weight is 620 g/mol. The van der Waals surface area contributed by atoms with Gasteiger partial charge in [-0.3, -0.25) is 14.5 Å². The first-order chi connectivity index (χ1) is 16.9. The molecule has 1 aliphatic rings. The maximum absolute atomic E-state index is 12.9. The van der Waals surface area contributed by atoms with E-state index >= 15 is 0 Å². The number of carbonyl (C=O) groups is 3. The lowest BCUT2D eigenvalue weighted by Crippen LogP contribution is -2.27. The van der Waals surface area contributed by atoms with E-state index in [4.69, 9.17) is 21.1 Å². The Bertz CT molecular complexity index is 1310. The molecule has 0 atom stereocenters. The van der Waals surface area contributed by atoms with E-state index < -0.39 is 5.97 Å². The second-order valence-electron chi connectivity index (χ2n) is 7.41. The summed E-state index contributed by atoms with van der Waals surface area (Å²) < 4.78 is 12.0. The normalized spacial score (nSPS) is 14.5. The summed E-state index contributed by atoms with van der Waals surface area (Å²) in [6.07, 6.45) is 1.64. The third-order valence-corrected chi connectivity index (χ3v) is 6.92. The first kappa shape index (κ1) is 25.3. The van der Waals surface area contributed by atoms with Crippen LogP contribution in [0.2, 0.25) is 5.02 Å². The number of hydrogen-bond acceptors (Lipinski definition) is 6. The van der Waals surface area contributed by atoms with E-state index in [1.54, 1.807) is 66.7 Å². The van der Waals surface area contributed by atoms with E-state index in [2.05, 4.69) is 22.6 Å². The minimum absolute atomic E-state index is 0.162. The van der Waals surface area contributed by atoms with Gasteiger partial charge in [0, 0.05) is 5.02 Å². The van der Waals surface area contributed by atoms with Gasteiger partial charge in [-0.25, -0.2) is 4.79 Å². The van der Waals surface area contributed by atoms with Crippen LogP contribution in [0.5, 0.6) is 11.5 Å². The van der Waals surface area contributed by atoms with Crippen LogP contribution in [0.25, 0.3) is 6.08 Å². The molecule has 1 fully saturated rings. The van der Waals surface area contributed by atoms with Crippen LogP contribution in [-0.4, -0.2) is 28.6 Å². The zero-order chi connectivity index (χ0) is 24.9. The summed E-state index contributed by atoms with van der Waals surface area (Å²) in [4.78, 5) is 39.5. The van der Waals surface area contributed by atoms with Crippen LogP contribution >= 0.6 is 46.0 Å². The molecular formula is C26H19ClINO5S. The fraction of sp³-hybridized carbons (Fsp3) is 0.115. The monoisotopic (exact) mass is 619 g/mol. The molecule has 4 rings (SSSR count). The predicted octanol–water partition coefficient (Wildman–Crippen LogP) is 6.80. The molecule has 6 nitrogen and oxygen atoms in total. The quantitative estimate of drug-likeness (QED) is 0.125. The molecule has 0 saturated carbocycles. The second-order valence-corrected chi connectivity index (χ2v) is 10.0. The third kappa shape index (κ3) is 6.06. The molecule has 2 amide bonds. The molecule has 1 heterocycles. The Morgan fingerprint density at radius 3 is 2.49 bits per heavy atom. The lowest BCUT2D eigenvalue weighted by Gasteiger charge is -2.14. The van der Waals surface area contributed by atoms with Crippen LogP contribution < -0.4 is 9.47 Å². The molecule has 0 spiro atoms. The number of imide groups is 1. The van der Waals surface area contributed by atoms with Crippen LogP contribution in [0.4, 0.5) is 4.79 Å². The summed E-state index contributed by atoms with van der Waals surface area (Å²) in [6, 6.07) is 19.1. The molecule has 1 saturated heterocycles. The van der Waals surface area contributed by atoms with Crippen molar-refractivity contribution in [1.29, 1.82) is 0 Å². The van der Waals surface area contributed by atoms with Crippen molar-refractivity contribution in [2.24, 2.45) is 0 Å². The average Bonchev–Trinajstić information content (AvgIpc) is 3.10. The molecule has 0 bridgehead atoms. The van der Waals surface area contributed by atoms with Gasteiger partial charge in [0.25, 0.3) is 11.1 Å². The van der Waals surface area contributed by atoms with Crippen LogP contribution in [-0.2, 0) is 11.3 Å². The zero-order valence-corrected chi connectivity index (χ0v) is 22.2. The molecule has 1 aliphatic heterocycles. The number of hydrogen-bond donors (Lipinski definition) is 0. The zero-order valence-electron chi connectivity index (χ0n) is 18.5. The Morgan fingerprint density at radius 2 is 1.80 bits per heavy atom. The van der Waals surface area contributed by atoms with Crippen molar-refractivity contribution in [1.82, 2.24) is 4.90 Å². The van der Waals surface area contributed by atoms with E-state index in [0.717, 1.165) is 17.3 Å². The summed E-state index contributed by atoms with van der Waals surface area (Å²) in [6.45, 7) is 2.34. The van der Waals surface area contributed by atoms with Crippen molar-refractivity contribution >= 4 is 69.1 Å². The smallest absolute Gasteiger partial charge is 0.343 e. The summed E-state index contributed by atoms with van der Waals surface area (Å²) in [5.74, 6) is -0.201. The Morgan fingerprint density at radius 1 is 1.09 bits per heavy atom. The van der Waals surface area contributed by atoms with Gasteiger partial charge < -0.3 is 9.47 Å². The number of amides is 2. The van der Waals surface area contributed by atoms with E-state index in [-0.39, 0.29) is 17.7 Å². The number of thioether (sulfide) groups is 1. The summed E-state index contributed by atoms with van der Waals surface area (Å²) in [5, 5.41) is 0.240. The highest BCUT2D eigenvalue weighted by atomic mass is 127. The molecule has 3 aromatic rings. The van der Waals surface area contributed by atoms with E-state index in [9.17, 15) is 14.4 Å². The van der Waals surface area contributed by atoms with Gasteiger partial charge in [-0.15, -0.1) is 0 Å². The maximum atomic E-state index is 12.9. The number of benzene rings is 3. The minimum Gasteiger partial charge on any atom is -0.490 e. The van der Waals surface area contributed by atoms with E-state index in [1.165, 1.54) is 4.90 Å². The van der Waals surface area contributed by atoms with Crippen LogP contribution in [0.15, 0.2) is 71.6 Å². The van der Waals surface area contributed by atoms with Gasteiger partial charge in [0.1, 0.15) is 0 Å². The predicted molar refractivity (Wildman–Crippen MR) is 145 cm³/mol. The maximum Gasteiger partial charge on any atom is 0.343 e. The molecule has 0 radical (unpaired) electrons. The third-order valence-electron chi connectivity index (χ3n) is 4.96. The number of rotatable bonds is 7. The standard InChI is InChI=1S/C26H19ClINO5S/c1-2-33-21-13-17(12-20(28)23(21)34-25(31)18-6-4-3-5-7-18)14-22-24(30)29(26(32)35-22)15-16-8-10-19(27)11-9-16/h3-14H,2,15H2,1H3/b22-14-. The van der Waals surface area contributed by atoms with Gasteiger partial charge in [0.15, 0.2) is 11.5 Å². The van der Waals surface area contributed by atoms with Crippen LogP contribution in [0.3, 0.4) is 0 Å².